The highest BCUT2D eigenvalue weighted by Crippen LogP contribution is 2.76. The van der Waals surface area contributed by atoms with Gasteiger partial charge in [-0.05, 0) is 109 Å². The van der Waals surface area contributed by atoms with E-state index in [1.807, 2.05) is 0 Å². The summed E-state index contributed by atoms with van der Waals surface area (Å²) in [6.07, 6.45) is -24.8. The van der Waals surface area contributed by atoms with Crippen molar-refractivity contribution in [3.05, 3.63) is 11.6 Å². The predicted octanol–water partition coefficient (Wildman–Crippen LogP) is -1.30. The lowest BCUT2D eigenvalue weighted by molar-refractivity contribution is -0.386. The van der Waals surface area contributed by atoms with Gasteiger partial charge in [0.1, 0.15) is 85.5 Å². The number of allylic oxidation sites excluding steroid dienone is 2. The number of hydrogen-bond donors (Lipinski definition) is 13. The molecule has 27 atom stereocenters. The van der Waals surface area contributed by atoms with E-state index in [1.54, 1.807) is 0 Å². The first-order chi connectivity index (χ1) is 35.5. The number of carboxylic acids is 1. The van der Waals surface area contributed by atoms with Gasteiger partial charge in [0.2, 0.25) is 6.29 Å². The molecular weight excluding hydrogens is 1000 g/mol. The van der Waals surface area contributed by atoms with Gasteiger partial charge in [-0.15, -0.1) is 0 Å². The van der Waals surface area contributed by atoms with Crippen LogP contribution in [-0.4, -0.2) is 221 Å². The van der Waals surface area contributed by atoms with E-state index in [-0.39, 0.29) is 39.4 Å². The summed E-state index contributed by atoms with van der Waals surface area (Å²) in [7, 11) is 0. The maximum atomic E-state index is 14.8. The molecule has 9 aliphatic rings. The van der Waals surface area contributed by atoms with Crippen LogP contribution in [0.3, 0.4) is 0 Å². The molecule has 5 aliphatic carbocycles. The number of hydrogen-bond acceptors (Lipinski definition) is 22. The van der Waals surface area contributed by atoms with Gasteiger partial charge in [-0.3, -0.25) is 4.79 Å². The highest BCUT2D eigenvalue weighted by molar-refractivity contribution is 5.79. The monoisotopic (exact) mass is 1090 g/mol. The largest absolute Gasteiger partial charge is 0.479 e. The second kappa shape index (κ2) is 21.0. The Morgan fingerprint density at radius 3 is 1.83 bits per heavy atom. The molecule has 0 amide bonds. The second-order valence-corrected chi connectivity index (χ2v) is 25.9. The third-order valence-corrected chi connectivity index (χ3v) is 21.0. The van der Waals surface area contributed by atoms with Gasteiger partial charge in [-0.1, -0.05) is 60.1 Å². The Bertz CT molecular complexity index is 2140. The van der Waals surface area contributed by atoms with Crippen LogP contribution in [0.25, 0.3) is 0 Å². The molecule has 8 fully saturated rings. The molecule has 0 radical (unpaired) electrons. The molecule has 4 aliphatic heterocycles. The number of fused-ring (bicyclic) bond motifs is 7. The number of esters is 1. The van der Waals surface area contributed by atoms with Gasteiger partial charge in [-0.25, -0.2) is 4.79 Å². The Morgan fingerprint density at radius 1 is 0.605 bits per heavy atom. The number of aliphatic hydroxyl groups excluding tert-OH is 12. The minimum Gasteiger partial charge on any atom is -0.479 e. The van der Waals surface area contributed by atoms with Crippen molar-refractivity contribution in [1.29, 1.82) is 0 Å². The van der Waals surface area contributed by atoms with E-state index >= 15 is 0 Å². The van der Waals surface area contributed by atoms with Crippen LogP contribution in [0.5, 0.6) is 0 Å². The third-order valence-electron chi connectivity index (χ3n) is 21.0. The molecule has 4 saturated heterocycles. The van der Waals surface area contributed by atoms with E-state index in [0.29, 0.717) is 38.5 Å². The van der Waals surface area contributed by atoms with E-state index in [9.17, 15) is 76.0 Å². The van der Waals surface area contributed by atoms with Crippen molar-refractivity contribution < 1.29 is 114 Å². The number of aliphatic hydroxyl groups is 12. The number of carboxylic acid groups (broad SMARTS) is 1. The summed E-state index contributed by atoms with van der Waals surface area (Å²) in [5.41, 5.74) is -1.37. The van der Waals surface area contributed by atoms with Crippen molar-refractivity contribution in [1.82, 2.24) is 0 Å². The molecule has 23 nitrogen and oxygen atoms in total. The van der Waals surface area contributed by atoms with Gasteiger partial charge < -0.3 is 104 Å². The fourth-order valence-electron chi connectivity index (χ4n) is 16.2. The van der Waals surface area contributed by atoms with Gasteiger partial charge in [0.25, 0.3) is 0 Å². The normalized spacial score (nSPS) is 52.9. The molecular formula is C53H84O23. The van der Waals surface area contributed by atoms with Crippen LogP contribution in [0.4, 0.5) is 0 Å². The van der Waals surface area contributed by atoms with Crippen LogP contribution in [0.15, 0.2) is 11.6 Å². The standard InChI is InChI=1S/C53H84O23/c1-48(2)14-16-53(47(68)76-45-37(64)34(61)32(59)26(20-55)71-45)17-15-51(6)22(23(53)18-48)8-9-28-50(5)12-11-29(49(3,4)27(50)10-13-52(28,51)7)72-46-40(74-43-35(62)30(57)24(56)21-69-43)38(65)39(41(75-46)42(66)67)73-44-36(63)33(60)31(58)25(19-54)70-44/h8,23-41,43-46,54-65H,9-21H2,1-7H3,(H,66,67)/t23-,24+,25+,26+,27-,28+,29-,30-,31+,32+,33-,34-,35+,36+,37+,38-,39-,40+,41-,43-,44-,45-,46+,50-,51+,52+,53-/m0/s1. The van der Waals surface area contributed by atoms with Crippen molar-refractivity contribution in [3.8, 4) is 0 Å². The van der Waals surface area contributed by atoms with Gasteiger partial charge in [0, 0.05) is 0 Å². The smallest absolute Gasteiger partial charge is 0.335 e. The SMILES string of the molecule is CC1(C)CC[C@]2(C(=O)O[C@@H]3O[C@H](CO)[C@@H](O)[C@H](O)[C@H]3O)CC[C@]3(C)C(=CC[C@@H]4[C@@]5(C)CC[C@H](O[C@@H]6O[C@H](C(=O)O)[C@@H](O[C@@H]7O[C@H](CO)[C@@H](O)[C@H](O)[C@H]7O)[C@H](O)[C@H]6O[C@@H]6OC[C@@H](O)[C@H](O)[C@H]6O)C(C)(C)[C@@H]5CC[C@]43C)[C@@H]2C1. The van der Waals surface area contributed by atoms with Crippen molar-refractivity contribution in [2.75, 3.05) is 19.8 Å². The van der Waals surface area contributed by atoms with Crippen LogP contribution < -0.4 is 0 Å². The Hall–Kier alpha value is -2.08. The fourth-order valence-corrected chi connectivity index (χ4v) is 16.2. The van der Waals surface area contributed by atoms with Crippen LogP contribution in [0.2, 0.25) is 0 Å². The number of carbonyl (C=O) groups excluding carboxylic acids is 1. The van der Waals surface area contributed by atoms with Crippen LogP contribution in [0, 0.1) is 50.2 Å². The van der Waals surface area contributed by atoms with Crippen molar-refractivity contribution in [2.45, 2.75) is 235 Å². The molecule has 0 aromatic heterocycles. The molecule has 0 unspecified atom stereocenters. The summed E-state index contributed by atoms with van der Waals surface area (Å²) < 4.78 is 47.7. The van der Waals surface area contributed by atoms with Gasteiger partial charge in [0.05, 0.1) is 31.3 Å². The Kier molecular flexibility index (Phi) is 16.2. The number of rotatable bonds is 11. The van der Waals surface area contributed by atoms with Crippen molar-refractivity contribution in [2.24, 2.45) is 50.2 Å². The molecule has 0 spiro atoms. The fraction of sp³-hybridized carbons (Fsp3) is 0.925. The average Bonchev–Trinajstić information content (AvgIpc) is 3.46. The molecule has 0 aromatic rings. The zero-order chi connectivity index (χ0) is 55.6. The first-order valence-electron chi connectivity index (χ1n) is 27.2. The van der Waals surface area contributed by atoms with E-state index in [2.05, 4.69) is 54.5 Å². The average molecular weight is 1090 g/mol. The molecule has 4 saturated carbocycles. The summed E-state index contributed by atoms with van der Waals surface area (Å²) >= 11 is 0. The summed E-state index contributed by atoms with van der Waals surface area (Å²) in [6, 6.07) is 0. The predicted molar refractivity (Wildman–Crippen MR) is 257 cm³/mol. The number of ether oxygens (including phenoxy) is 8. The molecule has 0 bridgehead atoms. The molecule has 0 aromatic carbocycles. The zero-order valence-electron chi connectivity index (χ0n) is 44.4. The highest BCUT2D eigenvalue weighted by Gasteiger charge is 2.70. The van der Waals surface area contributed by atoms with E-state index < -0.39 is 165 Å². The summed E-state index contributed by atoms with van der Waals surface area (Å²) in [5.74, 6) is -2.19. The van der Waals surface area contributed by atoms with Crippen LogP contribution in [-0.2, 0) is 47.5 Å². The number of aliphatic carboxylic acids is 1. The Labute approximate surface area is 442 Å². The summed E-state index contributed by atoms with van der Waals surface area (Å²) in [5, 5.41) is 138. The van der Waals surface area contributed by atoms with Crippen LogP contribution >= 0.6 is 0 Å². The van der Waals surface area contributed by atoms with Gasteiger partial charge >= 0.3 is 11.9 Å². The molecule has 4 heterocycles. The minimum atomic E-state index is -2.04. The molecule has 76 heavy (non-hydrogen) atoms. The Balaban J connectivity index is 0.978. The van der Waals surface area contributed by atoms with Gasteiger partial charge in [0.15, 0.2) is 25.0 Å². The highest BCUT2D eigenvalue weighted by atomic mass is 16.8. The topological polar surface area (TPSA) is 371 Å². The lowest BCUT2D eigenvalue weighted by atomic mass is 9.33. The zero-order valence-corrected chi connectivity index (χ0v) is 44.4. The first kappa shape index (κ1) is 58.6. The lowest BCUT2D eigenvalue weighted by Gasteiger charge is -2.71. The second-order valence-electron chi connectivity index (χ2n) is 25.9. The molecule has 13 N–H and O–H groups in total. The van der Waals surface area contributed by atoms with Gasteiger partial charge in [-0.2, -0.15) is 0 Å². The molecule has 9 rings (SSSR count). The minimum absolute atomic E-state index is 0.0192. The van der Waals surface area contributed by atoms with E-state index in [4.69, 9.17) is 37.9 Å². The third kappa shape index (κ3) is 9.42. The maximum Gasteiger partial charge on any atom is 0.335 e. The van der Waals surface area contributed by atoms with Crippen molar-refractivity contribution in [3.63, 3.8) is 0 Å². The van der Waals surface area contributed by atoms with E-state index in [0.717, 1.165) is 25.7 Å². The van der Waals surface area contributed by atoms with Crippen LogP contribution in [0.1, 0.15) is 113 Å². The summed E-state index contributed by atoms with van der Waals surface area (Å²) in [6.45, 7) is 13.7. The van der Waals surface area contributed by atoms with E-state index in [1.165, 1.54) is 5.57 Å². The molecule has 23 heteroatoms. The Morgan fingerprint density at radius 2 is 1.20 bits per heavy atom. The number of carbonyl (C=O) groups is 2. The lowest BCUT2D eigenvalue weighted by Crippen LogP contribution is -2.68. The molecule has 434 valence electrons. The first-order valence-corrected chi connectivity index (χ1v) is 27.2. The maximum absolute atomic E-state index is 14.8. The van der Waals surface area contributed by atoms with Crippen molar-refractivity contribution >= 4 is 11.9 Å². The summed E-state index contributed by atoms with van der Waals surface area (Å²) in [4.78, 5) is 27.8. The quantitative estimate of drug-likeness (QED) is 0.0649.